The zero-order valence-corrected chi connectivity index (χ0v) is 11.6. The Morgan fingerprint density at radius 3 is 2.60 bits per heavy atom. The van der Waals surface area contributed by atoms with E-state index in [-0.39, 0.29) is 17.1 Å². The molecule has 1 aliphatic rings. The van der Waals surface area contributed by atoms with Gasteiger partial charge in [0, 0.05) is 6.20 Å². The molecule has 1 amide bonds. The Bertz CT molecular complexity index is 714. The van der Waals surface area contributed by atoms with Gasteiger partial charge in [-0.25, -0.2) is 4.98 Å². The summed E-state index contributed by atoms with van der Waals surface area (Å²) in [7, 11) is 0. The highest BCUT2D eigenvalue weighted by molar-refractivity contribution is 6.55. The number of hydrogen-bond acceptors (Lipinski definition) is 3. The van der Waals surface area contributed by atoms with Gasteiger partial charge in [0.15, 0.2) is 0 Å². The molecule has 0 radical (unpaired) electrons. The van der Waals surface area contributed by atoms with Crippen molar-refractivity contribution in [3.63, 3.8) is 0 Å². The van der Waals surface area contributed by atoms with Crippen LogP contribution in [0.3, 0.4) is 0 Å². The predicted molar refractivity (Wildman–Crippen MR) is 76.2 cm³/mol. The largest absolute Gasteiger partial charge is 0.300 e. The predicted octanol–water partition coefficient (Wildman–Crippen LogP) is 3.12. The van der Waals surface area contributed by atoms with Crippen LogP contribution in [-0.4, -0.2) is 16.7 Å². The SMILES string of the molecule is O=C1C(=O)N(Cc2ccc(Cl)nc2)c2cccc(Cl)c21. The molecule has 20 heavy (non-hydrogen) atoms. The first kappa shape index (κ1) is 13.1. The molecule has 0 aliphatic carbocycles. The molecule has 0 fully saturated rings. The second-order valence-electron chi connectivity index (χ2n) is 4.34. The van der Waals surface area contributed by atoms with Crippen molar-refractivity contribution >= 4 is 40.6 Å². The minimum atomic E-state index is -0.581. The van der Waals surface area contributed by atoms with Gasteiger partial charge >= 0.3 is 0 Å². The van der Waals surface area contributed by atoms with Gasteiger partial charge in [0.05, 0.1) is 22.8 Å². The number of carbonyl (C=O) groups is 2. The molecule has 2 aromatic rings. The zero-order chi connectivity index (χ0) is 14.3. The number of amides is 1. The molecule has 1 aromatic heterocycles. The fourth-order valence-electron chi connectivity index (χ4n) is 2.14. The van der Waals surface area contributed by atoms with Crippen molar-refractivity contribution in [3.05, 3.63) is 57.8 Å². The number of rotatable bonds is 2. The van der Waals surface area contributed by atoms with Gasteiger partial charge in [0.1, 0.15) is 5.15 Å². The minimum absolute atomic E-state index is 0.252. The molecular weight excluding hydrogens is 299 g/mol. The van der Waals surface area contributed by atoms with E-state index in [2.05, 4.69) is 4.98 Å². The van der Waals surface area contributed by atoms with Gasteiger partial charge in [0.2, 0.25) is 0 Å². The van der Waals surface area contributed by atoms with Gasteiger partial charge in [-0.05, 0) is 23.8 Å². The average molecular weight is 307 g/mol. The first-order chi connectivity index (χ1) is 9.58. The summed E-state index contributed by atoms with van der Waals surface area (Å²) in [5.74, 6) is -1.16. The molecule has 0 unspecified atom stereocenters. The maximum Gasteiger partial charge on any atom is 0.299 e. The Kier molecular flexibility index (Phi) is 3.20. The Labute approximate surface area is 124 Å². The Morgan fingerprint density at radius 2 is 1.90 bits per heavy atom. The maximum atomic E-state index is 12.1. The van der Waals surface area contributed by atoms with Gasteiger partial charge in [-0.15, -0.1) is 0 Å². The van der Waals surface area contributed by atoms with Crippen molar-refractivity contribution in [1.82, 2.24) is 4.98 Å². The van der Waals surface area contributed by atoms with Crippen molar-refractivity contribution in [3.8, 4) is 0 Å². The molecule has 1 aliphatic heterocycles. The lowest BCUT2D eigenvalue weighted by atomic mass is 10.1. The lowest BCUT2D eigenvalue weighted by Gasteiger charge is -2.16. The first-order valence-corrected chi connectivity index (χ1v) is 6.58. The average Bonchev–Trinajstić information content (AvgIpc) is 2.67. The Balaban J connectivity index is 1.99. The van der Waals surface area contributed by atoms with E-state index in [4.69, 9.17) is 23.2 Å². The summed E-state index contributed by atoms with van der Waals surface area (Å²) in [5.41, 5.74) is 1.58. The number of fused-ring (bicyclic) bond motifs is 1. The van der Waals surface area contributed by atoms with Crippen LogP contribution in [-0.2, 0) is 11.3 Å². The Morgan fingerprint density at radius 1 is 1.10 bits per heavy atom. The number of aromatic nitrogens is 1. The first-order valence-electron chi connectivity index (χ1n) is 5.83. The molecule has 0 atom stereocenters. The number of benzene rings is 1. The number of ketones is 1. The van der Waals surface area contributed by atoms with Crippen LogP contribution in [0.25, 0.3) is 0 Å². The van der Waals surface area contributed by atoms with Crippen molar-refractivity contribution in [2.24, 2.45) is 0 Å². The molecule has 3 rings (SSSR count). The molecule has 0 N–H and O–H groups in total. The normalized spacial score (nSPS) is 13.8. The van der Waals surface area contributed by atoms with E-state index in [1.807, 2.05) is 0 Å². The number of nitrogens with zero attached hydrogens (tertiary/aromatic N) is 2. The quantitative estimate of drug-likeness (QED) is 0.633. The van der Waals surface area contributed by atoms with Crippen LogP contribution >= 0.6 is 23.2 Å². The summed E-state index contributed by atoms with van der Waals surface area (Å²) in [5, 5.41) is 0.665. The van der Waals surface area contributed by atoms with Crippen LogP contribution in [0.4, 0.5) is 5.69 Å². The third kappa shape index (κ3) is 2.07. The summed E-state index contributed by atoms with van der Waals surface area (Å²) in [6.45, 7) is 0.252. The topological polar surface area (TPSA) is 50.3 Å². The number of halogens is 2. The molecule has 1 aromatic carbocycles. The van der Waals surface area contributed by atoms with E-state index < -0.39 is 11.7 Å². The second kappa shape index (κ2) is 4.89. The standard InChI is InChI=1S/C14H8Cl2N2O2/c15-9-2-1-3-10-12(9)13(19)14(20)18(10)7-8-4-5-11(16)17-6-8/h1-6H,7H2. The lowest BCUT2D eigenvalue weighted by Crippen LogP contribution is -2.29. The monoisotopic (exact) mass is 306 g/mol. The molecule has 0 saturated heterocycles. The van der Waals surface area contributed by atoms with E-state index in [1.165, 1.54) is 4.90 Å². The van der Waals surface area contributed by atoms with Crippen molar-refractivity contribution in [2.75, 3.05) is 4.90 Å². The highest BCUT2D eigenvalue weighted by atomic mass is 35.5. The summed E-state index contributed by atoms with van der Waals surface area (Å²) in [6, 6.07) is 8.40. The highest BCUT2D eigenvalue weighted by Gasteiger charge is 2.37. The lowest BCUT2D eigenvalue weighted by molar-refractivity contribution is -0.114. The second-order valence-corrected chi connectivity index (χ2v) is 5.14. The molecule has 0 spiro atoms. The van der Waals surface area contributed by atoms with Gasteiger partial charge in [-0.3, -0.25) is 9.59 Å². The molecule has 4 nitrogen and oxygen atoms in total. The molecule has 0 bridgehead atoms. The molecule has 100 valence electrons. The number of hydrogen-bond donors (Lipinski definition) is 0. The number of Topliss-reactive ketones (excluding diaryl/α,β-unsaturated/α-hetero) is 1. The third-order valence-electron chi connectivity index (χ3n) is 3.08. The summed E-state index contributed by atoms with van der Waals surface area (Å²) >= 11 is 11.7. The number of anilines is 1. The van der Waals surface area contributed by atoms with Crippen LogP contribution in [0, 0.1) is 0 Å². The van der Waals surface area contributed by atoms with Crippen LogP contribution in [0.15, 0.2) is 36.5 Å². The third-order valence-corrected chi connectivity index (χ3v) is 3.62. The molecule has 0 saturated carbocycles. The van der Waals surface area contributed by atoms with Crippen molar-refractivity contribution in [2.45, 2.75) is 6.54 Å². The van der Waals surface area contributed by atoms with E-state index in [1.54, 1.807) is 36.5 Å². The summed E-state index contributed by atoms with van der Waals surface area (Å²) < 4.78 is 0. The summed E-state index contributed by atoms with van der Waals surface area (Å²) in [4.78, 5) is 29.4. The van der Waals surface area contributed by atoms with Crippen LogP contribution < -0.4 is 4.90 Å². The Hall–Kier alpha value is -1.91. The van der Waals surface area contributed by atoms with Crippen molar-refractivity contribution in [1.29, 1.82) is 0 Å². The minimum Gasteiger partial charge on any atom is -0.300 e. The molecule has 2 heterocycles. The van der Waals surface area contributed by atoms with Gasteiger partial charge in [0.25, 0.3) is 11.7 Å². The fourth-order valence-corrected chi connectivity index (χ4v) is 2.51. The van der Waals surface area contributed by atoms with Crippen LogP contribution in [0.5, 0.6) is 0 Å². The number of carbonyl (C=O) groups excluding carboxylic acids is 2. The smallest absolute Gasteiger partial charge is 0.299 e. The maximum absolute atomic E-state index is 12.1. The number of pyridine rings is 1. The van der Waals surface area contributed by atoms with Crippen LogP contribution in [0.2, 0.25) is 10.2 Å². The zero-order valence-electron chi connectivity index (χ0n) is 10.1. The molecule has 6 heteroatoms. The van der Waals surface area contributed by atoms with E-state index in [0.29, 0.717) is 10.8 Å². The highest BCUT2D eigenvalue weighted by Crippen LogP contribution is 2.34. The van der Waals surface area contributed by atoms with E-state index in [0.717, 1.165) is 5.56 Å². The van der Waals surface area contributed by atoms with Gasteiger partial charge in [-0.2, -0.15) is 0 Å². The molecular formula is C14H8Cl2N2O2. The fraction of sp³-hybridized carbons (Fsp3) is 0.0714. The van der Waals surface area contributed by atoms with E-state index >= 15 is 0 Å². The van der Waals surface area contributed by atoms with E-state index in [9.17, 15) is 9.59 Å². The van der Waals surface area contributed by atoms with Crippen molar-refractivity contribution < 1.29 is 9.59 Å². The van der Waals surface area contributed by atoms with Gasteiger partial charge in [-0.1, -0.05) is 35.3 Å². The van der Waals surface area contributed by atoms with Crippen LogP contribution in [0.1, 0.15) is 15.9 Å². The van der Waals surface area contributed by atoms with Gasteiger partial charge < -0.3 is 4.90 Å². The summed E-state index contributed by atoms with van der Waals surface area (Å²) in [6.07, 6.45) is 1.57.